The molecule has 0 saturated heterocycles. The molecule has 1 aromatic rings. The summed E-state index contributed by atoms with van der Waals surface area (Å²) in [7, 11) is 0. The number of hydrogen-bond donors (Lipinski definition) is 1. The molecule has 0 unspecified atom stereocenters. The smallest absolute Gasteiger partial charge is 0.367 e. The van der Waals surface area contributed by atoms with Crippen LogP contribution in [0.5, 0.6) is 0 Å². The van der Waals surface area contributed by atoms with E-state index in [0.29, 0.717) is 0 Å². The minimum atomic E-state index is -4.36. The highest BCUT2D eigenvalue weighted by molar-refractivity contribution is 5.45. The summed E-state index contributed by atoms with van der Waals surface area (Å²) in [5, 5.41) is 2.65. The Morgan fingerprint density at radius 3 is 2.50 bits per heavy atom. The Balaban J connectivity index is 3.04. The fraction of sp³-hybridized carbons (Fsp3) is 0.444. The van der Waals surface area contributed by atoms with Gasteiger partial charge in [0.25, 0.3) is 0 Å². The Bertz CT molecular complexity index is 307. The monoisotopic (exact) mass is 204 g/mol. The molecule has 0 spiro atoms. The van der Waals surface area contributed by atoms with Crippen LogP contribution in [0.2, 0.25) is 0 Å². The first-order valence-electron chi connectivity index (χ1n) is 4.20. The van der Waals surface area contributed by atoms with Gasteiger partial charge in [-0.3, -0.25) is 0 Å². The molecule has 2 nitrogen and oxygen atoms in total. The van der Waals surface area contributed by atoms with Gasteiger partial charge < -0.3 is 5.32 Å². The molecule has 1 aromatic heterocycles. The van der Waals surface area contributed by atoms with Crippen LogP contribution in [0.4, 0.5) is 19.0 Å². The van der Waals surface area contributed by atoms with Crippen LogP contribution < -0.4 is 5.32 Å². The van der Waals surface area contributed by atoms with Crippen LogP contribution in [0.25, 0.3) is 0 Å². The first-order chi connectivity index (χ1) is 6.41. The largest absolute Gasteiger partial charge is 0.419 e. The molecule has 0 aliphatic heterocycles. The first-order valence-corrected chi connectivity index (χ1v) is 4.20. The van der Waals surface area contributed by atoms with Gasteiger partial charge in [0, 0.05) is 12.2 Å². The summed E-state index contributed by atoms with van der Waals surface area (Å²) in [6, 6.07) is 2.21. The van der Waals surface area contributed by atoms with Crippen molar-refractivity contribution in [2.45, 2.75) is 26.1 Å². The lowest BCUT2D eigenvalue weighted by atomic mass is 10.2. The third-order valence-corrected chi connectivity index (χ3v) is 1.54. The number of pyridine rings is 1. The summed E-state index contributed by atoms with van der Waals surface area (Å²) in [6.45, 7) is 3.52. The second kappa shape index (κ2) is 3.86. The summed E-state index contributed by atoms with van der Waals surface area (Å²) < 4.78 is 37.3. The van der Waals surface area contributed by atoms with Gasteiger partial charge in [-0.05, 0) is 26.0 Å². The Morgan fingerprint density at radius 1 is 1.36 bits per heavy atom. The topological polar surface area (TPSA) is 24.9 Å². The molecule has 0 atom stereocenters. The van der Waals surface area contributed by atoms with Gasteiger partial charge in [0.05, 0.1) is 5.56 Å². The molecule has 0 fully saturated rings. The number of alkyl halides is 3. The SMILES string of the molecule is CC(C)Nc1ncccc1C(F)(F)F. The van der Waals surface area contributed by atoms with Crippen LogP contribution in [0, 0.1) is 0 Å². The average molecular weight is 204 g/mol. The van der Waals surface area contributed by atoms with Crippen molar-refractivity contribution in [3.8, 4) is 0 Å². The molecule has 5 heteroatoms. The van der Waals surface area contributed by atoms with Gasteiger partial charge in [0.15, 0.2) is 0 Å². The zero-order chi connectivity index (χ0) is 10.8. The molecule has 0 aliphatic rings. The van der Waals surface area contributed by atoms with E-state index in [4.69, 9.17) is 0 Å². The summed E-state index contributed by atoms with van der Waals surface area (Å²) >= 11 is 0. The van der Waals surface area contributed by atoms with Crippen molar-refractivity contribution in [1.29, 1.82) is 0 Å². The third-order valence-electron chi connectivity index (χ3n) is 1.54. The van der Waals surface area contributed by atoms with Crippen molar-refractivity contribution in [3.63, 3.8) is 0 Å². The maximum Gasteiger partial charge on any atom is 0.419 e. The number of halogens is 3. The Kier molecular flexibility index (Phi) is 2.98. The molecule has 78 valence electrons. The highest BCUT2D eigenvalue weighted by Gasteiger charge is 2.34. The van der Waals surface area contributed by atoms with E-state index in [0.717, 1.165) is 6.07 Å². The van der Waals surface area contributed by atoms with Gasteiger partial charge in [-0.25, -0.2) is 4.98 Å². The van der Waals surface area contributed by atoms with E-state index in [2.05, 4.69) is 10.3 Å². The number of nitrogens with one attached hydrogen (secondary N) is 1. The number of anilines is 1. The van der Waals surface area contributed by atoms with Gasteiger partial charge in [-0.15, -0.1) is 0 Å². The fourth-order valence-electron chi connectivity index (χ4n) is 1.02. The van der Waals surface area contributed by atoms with E-state index in [1.807, 2.05) is 0 Å². The lowest BCUT2D eigenvalue weighted by molar-refractivity contribution is -0.137. The maximum atomic E-state index is 12.4. The lowest BCUT2D eigenvalue weighted by Gasteiger charge is -2.14. The first kappa shape index (κ1) is 10.8. The number of nitrogens with zero attached hydrogens (tertiary/aromatic N) is 1. The predicted octanol–water partition coefficient (Wildman–Crippen LogP) is 2.92. The van der Waals surface area contributed by atoms with Crippen LogP contribution in [0.1, 0.15) is 19.4 Å². The van der Waals surface area contributed by atoms with Crippen molar-refractivity contribution in [2.75, 3.05) is 5.32 Å². The van der Waals surface area contributed by atoms with Crippen LogP contribution in [0.3, 0.4) is 0 Å². The zero-order valence-electron chi connectivity index (χ0n) is 7.89. The molecule has 0 amide bonds. The summed E-state index contributed by atoms with van der Waals surface area (Å²) in [6.07, 6.45) is -3.02. The average Bonchev–Trinajstić information content (AvgIpc) is 2.01. The van der Waals surface area contributed by atoms with Gasteiger partial charge >= 0.3 is 6.18 Å². The van der Waals surface area contributed by atoms with Crippen LogP contribution in [-0.4, -0.2) is 11.0 Å². The Morgan fingerprint density at radius 2 is 2.00 bits per heavy atom. The number of aromatic nitrogens is 1. The quantitative estimate of drug-likeness (QED) is 0.801. The third kappa shape index (κ3) is 2.61. The van der Waals surface area contributed by atoms with Crippen LogP contribution in [-0.2, 0) is 6.18 Å². The van der Waals surface area contributed by atoms with Gasteiger partial charge in [0.1, 0.15) is 5.82 Å². The van der Waals surface area contributed by atoms with E-state index in [1.165, 1.54) is 12.3 Å². The summed E-state index contributed by atoms with van der Waals surface area (Å²) in [4.78, 5) is 3.65. The molecular formula is C9H11F3N2. The molecule has 0 bridgehead atoms. The van der Waals surface area contributed by atoms with Gasteiger partial charge in [-0.2, -0.15) is 13.2 Å². The highest BCUT2D eigenvalue weighted by Crippen LogP contribution is 2.33. The van der Waals surface area contributed by atoms with Crippen molar-refractivity contribution < 1.29 is 13.2 Å². The number of rotatable bonds is 2. The molecular weight excluding hydrogens is 193 g/mol. The molecule has 1 N–H and O–H groups in total. The summed E-state index contributed by atoms with van der Waals surface area (Å²) in [5.74, 6) is -0.116. The highest BCUT2D eigenvalue weighted by atomic mass is 19.4. The molecule has 0 radical (unpaired) electrons. The van der Waals surface area contributed by atoms with E-state index in [9.17, 15) is 13.2 Å². The lowest BCUT2D eigenvalue weighted by Crippen LogP contribution is -2.16. The Hall–Kier alpha value is -1.26. The molecule has 1 heterocycles. The Labute approximate surface area is 80.2 Å². The van der Waals surface area contributed by atoms with Crippen molar-refractivity contribution in [2.24, 2.45) is 0 Å². The molecule has 0 saturated carbocycles. The maximum absolute atomic E-state index is 12.4. The van der Waals surface area contributed by atoms with E-state index >= 15 is 0 Å². The standard InChI is InChI=1S/C9H11F3N2/c1-6(2)14-8-7(9(10,11)12)4-3-5-13-8/h3-6H,1-2H3,(H,13,14). The van der Waals surface area contributed by atoms with Gasteiger partial charge in [-0.1, -0.05) is 0 Å². The summed E-state index contributed by atoms with van der Waals surface area (Å²) in [5.41, 5.74) is -0.728. The normalized spacial score (nSPS) is 11.9. The van der Waals surface area contributed by atoms with Crippen molar-refractivity contribution in [3.05, 3.63) is 23.9 Å². The molecule has 14 heavy (non-hydrogen) atoms. The molecule has 0 aromatic carbocycles. The van der Waals surface area contributed by atoms with Crippen molar-refractivity contribution in [1.82, 2.24) is 4.98 Å². The van der Waals surface area contributed by atoms with E-state index in [1.54, 1.807) is 13.8 Å². The minimum absolute atomic E-state index is 0.0778. The predicted molar refractivity (Wildman–Crippen MR) is 48.0 cm³/mol. The fourth-order valence-corrected chi connectivity index (χ4v) is 1.02. The van der Waals surface area contributed by atoms with E-state index in [-0.39, 0.29) is 11.9 Å². The second-order valence-electron chi connectivity index (χ2n) is 3.20. The van der Waals surface area contributed by atoms with Crippen LogP contribution >= 0.6 is 0 Å². The molecule has 0 aliphatic carbocycles. The zero-order valence-corrected chi connectivity index (χ0v) is 7.89. The van der Waals surface area contributed by atoms with E-state index < -0.39 is 11.7 Å². The van der Waals surface area contributed by atoms with Crippen molar-refractivity contribution >= 4 is 5.82 Å². The number of hydrogen-bond acceptors (Lipinski definition) is 2. The van der Waals surface area contributed by atoms with Gasteiger partial charge in [0.2, 0.25) is 0 Å². The van der Waals surface area contributed by atoms with Crippen LogP contribution in [0.15, 0.2) is 18.3 Å². The minimum Gasteiger partial charge on any atom is -0.367 e. The second-order valence-corrected chi connectivity index (χ2v) is 3.20. The molecule has 1 rings (SSSR count).